The van der Waals surface area contributed by atoms with Gasteiger partial charge in [0.1, 0.15) is 0 Å². The van der Waals surface area contributed by atoms with E-state index in [1.165, 1.54) is 19.2 Å². The Bertz CT molecular complexity index is 487. The lowest BCUT2D eigenvalue weighted by molar-refractivity contribution is -0.136. The van der Waals surface area contributed by atoms with Crippen molar-refractivity contribution in [3.63, 3.8) is 0 Å². The fourth-order valence-electron chi connectivity index (χ4n) is 1.84. The van der Waals surface area contributed by atoms with Crippen molar-refractivity contribution in [1.29, 1.82) is 0 Å². The van der Waals surface area contributed by atoms with Crippen molar-refractivity contribution in [2.24, 2.45) is 0 Å². The predicted octanol–water partition coefficient (Wildman–Crippen LogP) is 2.43. The lowest BCUT2D eigenvalue weighted by Gasteiger charge is -2.14. The number of alkyl halides is 3. The van der Waals surface area contributed by atoms with Gasteiger partial charge >= 0.3 is 6.18 Å². The standard InChI is InChI=1S/C14H20F3N3O/c1-18-12-6-5-10(9-11(12)14(15,16)17)13(21)19-7-4-8-20(2)3/h5-6,9,18H,4,7-8H2,1-3H3,(H,19,21). The summed E-state index contributed by atoms with van der Waals surface area (Å²) < 4.78 is 38.7. The summed E-state index contributed by atoms with van der Waals surface area (Å²) in [6, 6.07) is 3.51. The summed E-state index contributed by atoms with van der Waals surface area (Å²) >= 11 is 0. The molecule has 1 aromatic carbocycles. The average Bonchev–Trinajstić information content (AvgIpc) is 2.41. The molecule has 0 saturated carbocycles. The second kappa shape index (κ2) is 7.31. The largest absolute Gasteiger partial charge is 0.418 e. The summed E-state index contributed by atoms with van der Waals surface area (Å²) in [4.78, 5) is 13.8. The number of amides is 1. The molecule has 0 atom stereocenters. The highest BCUT2D eigenvalue weighted by Crippen LogP contribution is 2.35. The summed E-state index contributed by atoms with van der Waals surface area (Å²) in [7, 11) is 5.23. The topological polar surface area (TPSA) is 44.4 Å². The Labute approximate surface area is 122 Å². The molecule has 1 rings (SSSR count). The molecule has 0 heterocycles. The van der Waals surface area contributed by atoms with Crippen LogP contribution >= 0.6 is 0 Å². The lowest BCUT2D eigenvalue weighted by atomic mass is 10.1. The number of hydrogen-bond donors (Lipinski definition) is 2. The van der Waals surface area contributed by atoms with Crippen molar-refractivity contribution >= 4 is 11.6 Å². The van der Waals surface area contributed by atoms with Gasteiger partial charge in [0.25, 0.3) is 5.91 Å². The molecule has 1 amide bonds. The van der Waals surface area contributed by atoms with Crippen LogP contribution in [0.5, 0.6) is 0 Å². The van der Waals surface area contributed by atoms with Crippen LogP contribution in [0.2, 0.25) is 0 Å². The Morgan fingerprint density at radius 1 is 1.29 bits per heavy atom. The van der Waals surface area contributed by atoms with Gasteiger partial charge in [-0.1, -0.05) is 0 Å². The third-order valence-corrected chi connectivity index (χ3v) is 2.92. The first-order valence-electron chi connectivity index (χ1n) is 6.57. The molecule has 1 aromatic rings. The van der Waals surface area contributed by atoms with Gasteiger partial charge in [-0.05, 0) is 45.3 Å². The Hall–Kier alpha value is -1.76. The van der Waals surface area contributed by atoms with Gasteiger partial charge in [-0.25, -0.2) is 0 Å². The number of nitrogens with zero attached hydrogens (tertiary/aromatic N) is 1. The first kappa shape index (κ1) is 17.3. The highest BCUT2D eigenvalue weighted by molar-refractivity contribution is 5.95. The molecule has 0 aromatic heterocycles. The van der Waals surface area contributed by atoms with E-state index >= 15 is 0 Å². The van der Waals surface area contributed by atoms with Crippen LogP contribution in [0.3, 0.4) is 0 Å². The average molecular weight is 303 g/mol. The molecule has 0 spiro atoms. The SMILES string of the molecule is CNc1ccc(C(=O)NCCCN(C)C)cc1C(F)(F)F. The van der Waals surface area contributed by atoms with E-state index in [-0.39, 0.29) is 11.3 Å². The zero-order valence-corrected chi connectivity index (χ0v) is 12.3. The Balaban J connectivity index is 2.77. The summed E-state index contributed by atoms with van der Waals surface area (Å²) in [6.45, 7) is 1.22. The number of carbonyl (C=O) groups is 1. The van der Waals surface area contributed by atoms with Crippen LogP contribution in [-0.2, 0) is 6.18 Å². The van der Waals surface area contributed by atoms with E-state index < -0.39 is 17.6 Å². The Morgan fingerprint density at radius 2 is 1.95 bits per heavy atom. The molecule has 21 heavy (non-hydrogen) atoms. The molecule has 0 aliphatic heterocycles. The van der Waals surface area contributed by atoms with E-state index in [2.05, 4.69) is 10.6 Å². The van der Waals surface area contributed by atoms with Crippen molar-refractivity contribution in [2.45, 2.75) is 12.6 Å². The zero-order chi connectivity index (χ0) is 16.0. The van der Waals surface area contributed by atoms with Crippen LogP contribution in [0.1, 0.15) is 22.3 Å². The van der Waals surface area contributed by atoms with Gasteiger partial charge in [-0.2, -0.15) is 13.2 Å². The van der Waals surface area contributed by atoms with Crippen molar-refractivity contribution in [1.82, 2.24) is 10.2 Å². The molecule has 0 fully saturated rings. The van der Waals surface area contributed by atoms with Gasteiger partial charge in [-0.15, -0.1) is 0 Å². The molecule has 0 saturated heterocycles. The van der Waals surface area contributed by atoms with Gasteiger partial charge in [0.05, 0.1) is 5.56 Å². The second-order valence-electron chi connectivity index (χ2n) is 4.92. The van der Waals surface area contributed by atoms with Gasteiger partial charge < -0.3 is 15.5 Å². The molecule has 0 aliphatic rings. The summed E-state index contributed by atoms with van der Waals surface area (Å²) in [5.74, 6) is -0.498. The Morgan fingerprint density at radius 3 is 2.48 bits per heavy atom. The summed E-state index contributed by atoms with van der Waals surface area (Å²) in [6.07, 6.45) is -3.76. The number of benzene rings is 1. The minimum absolute atomic E-state index is 0.00572. The first-order chi connectivity index (χ1) is 9.75. The number of anilines is 1. The molecule has 0 aliphatic carbocycles. The third-order valence-electron chi connectivity index (χ3n) is 2.92. The predicted molar refractivity (Wildman–Crippen MR) is 76.5 cm³/mol. The molecule has 0 radical (unpaired) electrons. The maximum absolute atomic E-state index is 12.9. The zero-order valence-electron chi connectivity index (χ0n) is 12.3. The molecular formula is C14H20F3N3O. The highest BCUT2D eigenvalue weighted by atomic mass is 19.4. The minimum Gasteiger partial charge on any atom is -0.388 e. The molecule has 2 N–H and O–H groups in total. The van der Waals surface area contributed by atoms with Gasteiger partial charge in [0.15, 0.2) is 0 Å². The van der Waals surface area contributed by atoms with E-state index in [4.69, 9.17) is 0 Å². The minimum atomic E-state index is -4.50. The number of hydrogen-bond acceptors (Lipinski definition) is 3. The van der Waals surface area contributed by atoms with Crippen molar-refractivity contribution < 1.29 is 18.0 Å². The van der Waals surface area contributed by atoms with Crippen LogP contribution in [0.4, 0.5) is 18.9 Å². The number of nitrogens with one attached hydrogen (secondary N) is 2. The van der Waals surface area contributed by atoms with Crippen LogP contribution < -0.4 is 10.6 Å². The molecule has 118 valence electrons. The Kier molecular flexibility index (Phi) is 6.02. The van der Waals surface area contributed by atoms with Gasteiger partial charge in [0.2, 0.25) is 0 Å². The maximum atomic E-state index is 12.9. The smallest absolute Gasteiger partial charge is 0.388 e. The molecular weight excluding hydrogens is 283 g/mol. The van der Waals surface area contributed by atoms with E-state index in [1.807, 2.05) is 19.0 Å². The monoisotopic (exact) mass is 303 g/mol. The van der Waals surface area contributed by atoms with Gasteiger partial charge in [0, 0.05) is 24.8 Å². The van der Waals surface area contributed by atoms with Crippen molar-refractivity contribution in [3.05, 3.63) is 29.3 Å². The third kappa shape index (κ3) is 5.26. The molecule has 7 heteroatoms. The fraction of sp³-hybridized carbons (Fsp3) is 0.500. The van der Waals surface area contributed by atoms with E-state index in [1.54, 1.807) is 0 Å². The van der Waals surface area contributed by atoms with Gasteiger partial charge in [-0.3, -0.25) is 4.79 Å². The van der Waals surface area contributed by atoms with Crippen molar-refractivity contribution in [3.8, 4) is 0 Å². The number of halogens is 3. The van der Waals surface area contributed by atoms with Crippen LogP contribution in [-0.4, -0.2) is 45.0 Å². The summed E-state index contributed by atoms with van der Waals surface area (Å²) in [5, 5.41) is 5.09. The van der Waals surface area contributed by atoms with Crippen LogP contribution in [0.15, 0.2) is 18.2 Å². The number of rotatable bonds is 6. The highest BCUT2D eigenvalue weighted by Gasteiger charge is 2.34. The quantitative estimate of drug-likeness (QED) is 0.793. The van der Waals surface area contributed by atoms with E-state index in [0.717, 1.165) is 19.0 Å². The lowest BCUT2D eigenvalue weighted by Crippen LogP contribution is -2.27. The maximum Gasteiger partial charge on any atom is 0.418 e. The summed E-state index contributed by atoms with van der Waals surface area (Å²) in [5.41, 5.74) is -0.885. The normalized spacial score (nSPS) is 11.6. The first-order valence-corrected chi connectivity index (χ1v) is 6.57. The van der Waals surface area contributed by atoms with E-state index in [0.29, 0.717) is 6.54 Å². The fourth-order valence-corrected chi connectivity index (χ4v) is 1.84. The number of carbonyl (C=O) groups excluding carboxylic acids is 1. The molecule has 0 unspecified atom stereocenters. The van der Waals surface area contributed by atoms with Crippen LogP contribution in [0, 0.1) is 0 Å². The molecule has 0 bridgehead atoms. The second-order valence-corrected chi connectivity index (χ2v) is 4.92. The van der Waals surface area contributed by atoms with Crippen molar-refractivity contribution in [2.75, 3.05) is 39.5 Å². The molecule has 4 nitrogen and oxygen atoms in total. The van der Waals surface area contributed by atoms with Crippen LogP contribution in [0.25, 0.3) is 0 Å². The van der Waals surface area contributed by atoms with E-state index in [9.17, 15) is 18.0 Å².